The second-order valence-corrected chi connectivity index (χ2v) is 5.91. The molecular formula is C17H19N3O2. The van der Waals surface area contributed by atoms with E-state index in [0.717, 1.165) is 11.3 Å². The molecule has 3 aromatic rings. The van der Waals surface area contributed by atoms with E-state index in [1.165, 1.54) is 10.7 Å². The van der Waals surface area contributed by atoms with Crippen LogP contribution in [0.25, 0.3) is 16.6 Å². The van der Waals surface area contributed by atoms with Crippen LogP contribution in [0.5, 0.6) is 0 Å². The van der Waals surface area contributed by atoms with Gasteiger partial charge in [0, 0.05) is 17.8 Å². The van der Waals surface area contributed by atoms with Gasteiger partial charge in [0.25, 0.3) is 11.1 Å². The van der Waals surface area contributed by atoms with Gasteiger partial charge in [-0.25, -0.2) is 4.68 Å². The Morgan fingerprint density at radius 3 is 2.45 bits per heavy atom. The van der Waals surface area contributed by atoms with Crippen LogP contribution in [0.3, 0.4) is 0 Å². The summed E-state index contributed by atoms with van der Waals surface area (Å²) in [4.78, 5) is 25.0. The van der Waals surface area contributed by atoms with Crippen LogP contribution in [-0.2, 0) is 0 Å². The van der Waals surface area contributed by atoms with Crippen molar-refractivity contribution in [2.45, 2.75) is 33.7 Å². The number of pyridine rings is 1. The first-order valence-electron chi connectivity index (χ1n) is 7.34. The Balaban J connectivity index is 2.38. The number of aromatic nitrogens is 3. The molecule has 0 aliphatic carbocycles. The molecule has 5 nitrogen and oxygen atoms in total. The molecule has 0 bridgehead atoms. The van der Waals surface area contributed by atoms with Crippen molar-refractivity contribution in [2.24, 2.45) is 0 Å². The van der Waals surface area contributed by atoms with Crippen LogP contribution in [-0.4, -0.2) is 14.3 Å². The summed E-state index contributed by atoms with van der Waals surface area (Å²) in [6.07, 6.45) is 0. The first-order chi connectivity index (χ1) is 10.4. The second kappa shape index (κ2) is 5.02. The molecule has 0 atom stereocenters. The third kappa shape index (κ3) is 2.09. The van der Waals surface area contributed by atoms with Gasteiger partial charge in [0.15, 0.2) is 0 Å². The molecule has 1 N–H and O–H groups in total. The number of nitrogens with one attached hydrogen (secondary N) is 1. The fourth-order valence-corrected chi connectivity index (χ4v) is 2.98. The van der Waals surface area contributed by atoms with Crippen LogP contribution in [0.2, 0.25) is 0 Å². The Kier molecular flexibility index (Phi) is 3.28. The van der Waals surface area contributed by atoms with Crippen molar-refractivity contribution < 1.29 is 0 Å². The van der Waals surface area contributed by atoms with Gasteiger partial charge in [0.2, 0.25) is 0 Å². The smallest absolute Gasteiger partial charge is 0.280 e. The van der Waals surface area contributed by atoms with Gasteiger partial charge in [-0.3, -0.25) is 14.7 Å². The molecule has 0 saturated carbocycles. The van der Waals surface area contributed by atoms with Gasteiger partial charge in [0.1, 0.15) is 0 Å². The zero-order valence-electron chi connectivity index (χ0n) is 13.2. The van der Waals surface area contributed by atoms with Gasteiger partial charge in [-0.1, -0.05) is 12.1 Å². The van der Waals surface area contributed by atoms with Crippen molar-refractivity contribution in [1.29, 1.82) is 0 Å². The van der Waals surface area contributed by atoms with Crippen LogP contribution in [0, 0.1) is 13.8 Å². The average Bonchev–Trinajstić information content (AvgIpc) is 2.75. The summed E-state index contributed by atoms with van der Waals surface area (Å²) in [7, 11) is 0. The number of aromatic amines is 1. The molecule has 0 amide bonds. The third-order valence-corrected chi connectivity index (χ3v) is 3.92. The molecule has 2 heterocycles. The zero-order valence-corrected chi connectivity index (χ0v) is 13.2. The maximum atomic E-state index is 12.8. The predicted octanol–water partition coefficient (Wildman–Crippen LogP) is 2.68. The lowest BCUT2D eigenvalue weighted by molar-refractivity contribution is 0.567. The van der Waals surface area contributed by atoms with Gasteiger partial charge in [-0.05, 0) is 45.4 Å². The Labute approximate surface area is 127 Å². The molecule has 0 fully saturated rings. The van der Waals surface area contributed by atoms with Crippen molar-refractivity contribution in [3.8, 4) is 5.69 Å². The standard InChI is InChI=1S/C17H19N3O2/c1-10(2)19-12(4)16-14(9-15(19)21)18-20(17(16)22)13-7-5-6-11(3)8-13/h5-10,18H,1-4H3. The van der Waals surface area contributed by atoms with Crippen molar-refractivity contribution in [3.63, 3.8) is 0 Å². The lowest BCUT2D eigenvalue weighted by Gasteiger charge is -2.13. The van der Waals surface area contributed by atoms with Crippen LogP contribution in [0.1, 0.15) is 31.1 Å². The molecule has 0 saturated heterocycles. The highest BCUT2D eigenvalue weighted by Gasteiger charge is 2.16. The van der Waals surface area contributed by atoms with Crippen LogP contribution in [0.4, 0.5) is 0 Å². The van der Waals surface area contributed by atoms with E-state index < -0.39 is 0 Å². The Bertz CT molecular complexity index is 974. The largest absolute Gasteiger partial charge is 0.309 e. The van der Waals surface area contributed by atoms with Gasteiger partial charge in [-0.15, -0.1) is 0 Å². The van der Waals surface area contributed by atoms with Crippen molar-refractivity contribution in [1.82, 2.24) is 14.3 Å². The van der Waals surface area contributed by atoms with Crippen molar-refractivity contribution in [2.75, 3.05) is 0 Å². The monoisotopic (exact) mass is 297 g/mol. The van der Waals surface area contributed by atoms with E-state index in [-0.39, 0.29) is 17.2 Å². The Morgan fingerprint density at radius 1 is 1.09 bits per heavy atom. The summed E-state index contributed by atoms with van der Waals surface area (Å²) in [6.45, 7) is 7.67. The highest BCUT2D eigenvalue weighted by atomic mass is 16.1. The summed E-state index contributed by atoms with van der Waals surface area (Å²) in [6, 6.07) is 9.19. The van der Waals surface area contributed by atoms with Crippen LogP contribution in [0.15, 0.2) is 39.9 Å². The van der Waals surface area contributed by atoms with E-state index in [4.69, 9.17) is 0 Å². The normalized spacial score (nSPS) is 11.5. The number of benzene rings is 1. The van der Waals surface area contributed by atoms with E-state index in [1.54, 1.807) is 4.57 Å². The molecule has 0 spiro atoms. The summed E-state index contributed by atoms with van der Waals surface area (Å²) < 4.78 is 3.15. The molecular weight excluding hydrogens is 278 g/mol. The quantitative estimate of drug-likeness (QED) is 0.790. The van der Waals surface area contributed by atoms with E-state index in [1.807, 2.05) is 52.0 Å². The molecule has 0 aliphatic heterocycles. The van der Waals surface area contributed by atoms with Gasteiger partial charge in [-0.2, -0.15) is 0 Å². The molecule has 0 aliphatic rings. The number of nitrogens with zero attached hydrogens (tertiary/aromatic N) is 2. The molecule has 0 radical (unpaired) electrons. The number of aryl methyl sites for hydroxylation is 2. The summed E-state index contributed by atoms with van der Waals surface area (Å²) in [5.41, 5.74) is 2.88. The highest BCUT2D eigenvalue weighted by Crippen LogP contribution is 2.16. The predicted molar refractivity (Wildman–Crippen MR) is 88.0 cm³/mol. The fourth-order valence-electron chi connectivity index (χ4n) is 2.98. The molecule has 5 heteroatoms. The number of fused-ring (bicyclic) bond motifs is 1. The fraction of sp³-hybridized carbons (Fsp3) is 0.294. The van der Waals surface area contributed by atoms with E-state index in [0.29, 0.717) is 16.6 Å². The first kappa shape index (κ1) is 14.4. The summed E-state index contributed by atoms with van der Waals surface area (Å²) in [5.74, 6) is 0. The average molecular weight is 297 g/mol. The van der Waals surface area contributed by atoms with Gasteiger partial charge >= 0.3 is 0 Å². The van der Waals surface area contributed by atoms with E-state index in [2.05, 4.69) is 5.10 Å². The van der Waals surface area contributed by atoms with E-state index in [9.17, 15) is 9.59 Å². The number of rotatable bonds is 2. The van der Waals surface area contributed by atoms with Crippen LogP contribution < -0.4 is 11.1 Å². The maximum absolute atomic E-state index is 12.8. The Hall–Kier alpha value is -2.56. The highest BCUT2D eigenvalue weighted by molar-refractivity contribution is 5.80. The number of hydrogen-bond donors (Lipinski definition) is 1. The minimum atomic E-state index is -0.132. The third-order valence-electron chi connectivity index (χ3n) is 3.92. The lowest BCUT2D eigenvalue weighted by Crippen LogP contribution is -2.24. The topological polar surface area (TPSA) is 59.8 Å². The number of hydrogen-bond acceptors (Lipinski definition) is 2. The Morgan fingerprint density at radius 2 is 1.82 bits per heavy atom. The minimum Gasteiger partial charge on any atom is -0.309 e. The molecule has 114 valence electrons. The van der Waals surface area contributed by atoms with Crippen molar-refractivity contribution in [3.05, 3.63) is 62.3 Å². The molecule has 3 rings (SSSR count). The lowest BCUT2D eigenvalue weighted by atomic mass is 10.2. The maximum Gasteiger partial charge on any atom is 0.280 e. The second-order valence-electron chi connectivity index (χ2n) is 5.91. The van der Waals surface area contributed by atoms with Crippen molar-refractivity contribution >= 4 is 10.9 Å². The van der Waals surface area contributed by atoms with Crippen LogP contribution >= 0.6 is 0 Å². The summed E-state index contributed by atoms with van der Waals surface area (Å²) >= 11 is 0. The SMILES string of the molecule is Cc1cccc(-n2[nH]c3cc(=O)n(C(C)C)c(C)c3c2=O)c1. The minimum absolute atomic E-state index is 0.0126. The number of H-pyrrole nitrogens is 1. The van der Waals surface area contributed by atoms with Gasteiger partial charge < -0.3 is 4.57 Å². The zero-order chi connectivity index (χ0) is 16.0. The summed E-state index contributed by atoms with van der Waals surface area (Å²) in [5, 5.41) is 3.61. The van der Waals surface area contributed by atoms with E-state index >= 15 is 0 Å². The molecule has 0 unspecified atom stereocenters. The molecule has 22 heavy (non-hydrogen) atoms. The first-order valence-corrected chi connectivity index (χ1v) is 7.34. The van der Waals surface area contributed by atoms with Gasteiger partial charge in [0.05, 0.1) is 16.6 Å². The molecule has 2 aromatic heterocycles. The molecule has 1 aromatic carbocycles.